The van der Waals surface area contributed by atoms with Gasteiger partial charge in [-0.15, -0.1) is 0 Å². The summed E-state index contributed by atoms with van der Waals surface area (Å²) in [5, 5.41) is 9.51. The predicted molar refractivity (Wildman–Crippen MR) is 101 cm³/mol. The molecule has 3 aromatic rings. The molecule has 1 aliphatic heterocycles. The molecule has 4 rings (SSSR count). The minimum atomic E-state index is -0.0707. The van der Waals surface area contributed by atoms with Gasteiger partial charge < -0.3 is 9.67 Å². The summed E-state index contributed by atoms with van der Waals surface area (Å²) in [6.07, 6.45) is 2.84. The Kier molecular flexibility index (Phi) is 3.88. The molecular weight excluding hydrogens is 380 g/mol. The van der Waals surface area contributed by atoms with Crippen LogP contribution in [0.2, 0.25) is 0 Å². The molecule has 1 aromatic heterocycles. The number of benzene rings is 2. The van der Waals surface area contributed by atoms with Crippen LogP contribution in [-0.2, 0) is 0 Å². The first-order valence-corrected chi connectivity index (χ1v) is 8.99. The van der Waals surface area contributed by atoms with Gasteiger partial charge in [0, 0.05) is 21.9 Å². The molecule has 25 heavy (non-hydrogen) atoms. The second-order valence-electron chi connectivity index (χ2n) is 6.08. The van der Waals surface area contributed by atoms with Crippen LogP contribution in [0.1, 0.15) is 35.4 Å². The van der Waals surface area contributed by atoms with E-state index in [-0.39, 0.29) is 17.7 Å². The lowest BCUT2D eigenvalue weighted by molar-refractivity contribution is 0.0973. The molecule has 2 aromatic carbocycles. The van der Waals surface area contributed by atoms with Crippen molar-refractivity contribution in [1.82, 2.24) is 4.57 Å². The van der Waals surface area contributed by atoms with Crippen molar-refractivity contribution >= 4 is 27.5 Å². The highest BCUT2D eigenvalue weighted by molar-refractivity contribution is 9.10. The van der Waals surface area contributed by atoms with Crippen LogP contribution in [0.15, 0.2) is 65.3 Å². The monoisotopic (exact) mass is 396 g/mol. The molecule has 0 saturated carbocycles. The van der Waals surface area contributed by atoms with Gasteiger partial charge in [0.2, 0.25) is 0 Å². The summed E-state index contributed by atoms with van der Waals surface area (Å²) in [5.74, 6) is 0.0814. The van der Waals surface area contributed by atoms with Gasteiger partial charge in [-0.2, -0.15) is 0 Å². The number of phenols is 1. The number of aromatic nitrogens is 1. The molecule has 4 nitrogen and oxygen atoms in total. The van der Waals surface area contributed by atoms with Crippen molar-refractivity contribution in [3.05, 3.63) is 76.5 Å². The molecule has 1 atom stereocenters. The molecule has 0 aliphatic carbocycles. The third-order valence-corrected chi connectivity index (χ3v) is 5.10. The van der Waals surface area contributed by atoms with E-state index in [9.17, 15) is 9.90 Å². The van der Waals surface area contributed by atoms with Gasteiger partial charge >= 0.3 is 0 Å². The maximum absolute atomic E-state index is 13.3. The molecule has 0 spiro atoms. The average molecular weight is 397 g/mol. The van der Waals surface area contributed by atoms with E-state index in [0.717, 1.165) is 28.0 Å². The minimum absolute atomic E-state index is 0.0434. The number of amides is 1. The number of hydrogen-bond acceptors (Lipinski definition) is 2. The summed E-state index contributed by atoms with van der Waals surface area (Å²) in [6.45, 7) is 2.09. The van der Waals surface area contributed by atoms with Crippen molar-refractivity contribution < 1.29 is 9.90 Å². The Balaban J connectivity index is 1.90. The zero-order chi connectivity index (χ0) is 17.6. The van der Waals surface area contributed by atoms with Gasteiger partial charge in [-0.05, 0) is 61.0 Å². The number of anilines is 1. The summed E-state index contributed by atoms with van der Waals surface area (Å²) in [5.41, 5.74) is 3.52. The van der Waals surface area contributed by atoms with Crippen molar-refractivity contribution in [1.29, 1.82) is 0 Å². The number of nitrogens with zero attached hydrogens (tertiary/aromatic N) is 2. The molecule has 1 unspecified atom stereocenters. The van der Waals surface area contributed by atoms with Crippen molar-refractivity contribution in [3.8, 4) is 11.4 Å². The fraction of sp³-hybridized carbons (Fsp3) is 0.150. The summed E-state index contributed by atoms with van der Waals surface area (Å²) in [6, 6.07) is 16.4. The number of fused-ring (bicyclic) bond motifs is 3. The van der Waals surface area contributed by atoms with E-state index in [1.807, 2.05) is 35.4 Å². The molecule has 2 heterocycles. The van der Waals surface area contributed by atoms with E-state index < -0.39 is 0 Å². The Hall–Kier alpha value is -2.53. The lowest BCUT2D eigenvalue weighted by Gasteiger charge is -2.38. The second-order valence-corrected chi connectivity index (χ2v) is 7.00. The van der Waals surface area contributed by atoms with E-state index in [2.05, 4.69) is 33.5 Å². The van der Waals surface area contributed by atoms with Gasteiger partial charge in [-0.25, -0.2) is 0 Å². The number of rotatable bonds is 2. The van der Waals surface area contributed by atoms with Gasteiger partial charge in [-0.3, -0.25) is 9.69 Å². The first-order chi connectivity index (χ1) is 12.1. The molecule has 1 N–H and O–H groups in total. The van der Waals surface area contributed by atoms with Crippen LogP contribution >= 0.6 is 15.9 Å². The van der Waals surface area contributed by atoms with Crippen LogP contribution in [0, 0.1) is 0 Å². The Bertz CT molecular complexity index is 947. The Morgan fingerprint density at radius 3 is 2.60 bits per heavy atom. The molecule has 0 fully saturated rings. The van der Waals surface area contributed by atoms with Gasteiger partial charge in [0.25, 0.3) is 5.91 Å². The van der Waals surface area contributed by atoms with Gasteiger partial charge in [0.05, 0.1) is 17.4 Å². The standard InChI is InChI=1S/C20H17BrN2O2/c1-2-16-17-4-3-11-22(17)18-10-7-14(21)12-19(18)23(16)20(25)13-5-8-15(24)9-6-13/h3-12,16,24H,2H2,1H3. The molecule has 0 bridgehead atoms. The maximum atomic E-state index is 13.3. The normalized spacial score (nSPS) is 15.6. The number of carbonyl (C=O) groups excluding carboxylic acids is 1. The van der Waals surface area contributed by atoms with Crippen molar-refractivity contribution in [3.63, 3.8) is 0 Å². The zero-order valence-corrected chi connectivity index (χ0v) is 15.3. The fourth-order valence-electron chi connectivity index (χ4n) is 3.46. The SMILES string of the molecule is CCC1c2cccn2-c2ccc(Br)cc2N1C(=O)c1ccc(O)cc1. The van der Waals surface area contributed by atoms with Crippen LogP contribution in [0.3, 0.4) is 0 Å². The predicted octanol–water partition coefficient (Wildman–Crippen LogP) is 5.06. The van der Waals surface area contributed by atoms with Crippen LogP contribution < -0.4 is 4.90 Å². The van der Waals surface area contributed by atoms with Crippen molar-refractivity contribution in [2.45, 2.75) is 19.4 Å². The Labute approximate surface area is 154 Å². The quantitative estimate of drug-likeness (QED) is 0.657. The zero-order valence-electron chi connectivity index (χ0n) is 13.7. The first-order valence-electron chi connectivity index (χ1n) is 8.20. The van der Waals surface area contributed by atoms with Crippen molar-refractivity contribution in [2.75, 3.05) is 4.90 Å². The number of carbonyl (C=O) groups is 1. The minimum Gasteiger partial charge on any atom is -0.508 e. The highest BCUT2D eigenvalue weighted by atomic mass is 79.9. The first kappa shape index (κ1) is 16.0. The summed E-state index contributed by atoms with van der Waals surface area (Å²) >= 11 is 3.53. The number of halogens is 1. The third kappa shape index (κ3) is 2.55. The summed E-state index contributed by atoms with van der Waals surface area (Å²) in [7, 11) is 0. The highest BCUT2D eigenvalue weighted by Gasteiger charge is 2.34. The lowest BCUT2D eigenvalue weighted by atomic mass is 10.0. The lowest BCUT2D eigenvalue weighted by Crippen LogP contribution is -2.39. The Morgan fingerprint density at radius 2 is 1.88 bits per heavy atom. The van der Waals surface area contributed by atoms with Gasteiger partial charge in [0.1, 0.15) is 5.75 Å². The van der Waals surface area contributed by atoms with Crippen LogP contribution in [0.25, 0.3) is 5.69 Å². The van der Waals surface area contributed by atoms with Gasteiger partial charge in [0.15, 0.2) is 0 Å². The smallest absolute Gasteiger partial charge is 0.258 e. The molecule has 5 heteroatoms. The van der Waals surface area contributed by atoms with E-state index in [1.165, 1.54) is 0 Å². The van der Waals surface area contributed by atoms with E-state index >= 15 is 0 Å². The average Bonchev–Trinajstić information content (AvgIpc) is 3.10. The molecule has 1 amide bonds. The van der Waals surface area contributed by atoms with Crippen LogP contribution in [0.5, 0.6) is 5.75 Å². The van der Waals surface area contributed by atoms with Crippen LogP contribution in [-0.4, -0.2) is 15.6 Å². The summed E-state index contributed by atoms with van der Waals surface area (Å²) < 4.78 is 3.08. The van der Waals surface area contributed by atoms with E-state index in [4.69, 9.17) is 0 Å². The fourth-order valence-corrected chi connectivity index (χ4v) is 3.81. The topological polar surface area (TPSA) is 45.5 Å². The van der Waals surface area contributed by atoms with Crippen molar-refractivity contribution in [2.24, 2.45) is 0 Å². The van der Waals surface area contributed by atoms with E-state index in [0.29, 0.717) is 5.56 Å². The number of hydrogen-bond donors (Lipinski definition) is 1. The Morgan fingerprint density at radius 1 is 1.12 bits per heavy atom. The highest BCUT2D eigenvalue weighted by Crippen LogP contribution is 2.42. The molecule has 126 valence electrons. The molecule has 1 aliphatic rings. The third-order valence-electron chi connectivity index (χ3n) is 4.61. The molecule has 0 saturated heterocycles. The number of aromatic hydroxyl groups is 1. The summed E-state index contributed by atoms with van der Waals surface area (Å²) in [4.78, 5) is 15.2. The van der Waals surface area contributed by atoms with Crippen LogP contribution in [0.4, 0.5) is 5.69 Å². The van der Waals surface area contributed by atoms with Gasteiger partial charge in [-0.1, -0.05) is 22.9 Å². The number of phenolic OH excluding ortho intramolecular Hbond substituents is 1. The maximum Gasteiger partial charge on any atom is 0.258 e. The molecule has 0 radical (unpaired) electrons. The second kappa shape index (κ2) is 6.08. The largest absolute Gasteiger partial charge is 0.508 e. The van der Waals surface area contributed by atoms with E-state index in [1.54, 1.807) is 24.3 Å². The molecular formula is C20H17BrN2O2.